The molecule has 3 aromatic rings. The predicted molar refractivity (Wildman–Crippen MR) is 86.5 cm³/mol. The Balaban J connectivity index is 1.82. The molecule has 0 bridgehead atoms. The fraction of sp³-hybridized carbons (Fsp3) is 0.250. The first-order chi connectivity index (χ1) is 11.5. The van der Waals surface area contributed by atoms with Gasteiger partial charge in [0.15, 0.2) is 0 Å². The molecule has 7 nitrogen and oxygen atoms in total. The maximum atomic E-state index is 12.6. The Hall–Kier alpha value is -2.45. The molecule has 3 rings (SSSR count). The zero-order valence-electron chi connectivity index (χ0n) is 13.3. The van der Waals surface area contributed by atoms with Gasteiger partial charge in [0.1, 0.15) is 6.26 Å². The second-order valence-corrected chi connectivity index (χ2v) is 7.23. The van der Waals surface area contributed by atoms with Crippen molar-refractivity contribution in [1.82, 2.24) is 14.5 Å². The molecule has 0 aliphatic heterocycles. The maximum Gasteiger partial charge on any atom is 0.276 e. The lowest BCUT2D eigenvalue weighted by atomic mass is 10.2. The van der Waals surface area contributed by atoms with E-state index in [1.165, 1.54) is 23.7 Å². The number of benzene rings is 1. The van der Waals surface area contributed by atoms with E-state index in [9.17, 15) is 8.42 Å². The number of nitrogens with zero attached hydrogens (tertiary/aromatic N) is 3. The Bertz CT molecular complexity index is 916. The number of rotatable bonds is 6. The first kappa shape index (κ1) is 16.4. The summed E-state index contributed by atoms with van der Waals surface area (Å²) < 4.78 is 37.1. The lowest BCUT2D eigenvalue weighted by Crippen LogP contribution is -2.26. The van der Waals surface area contributed by atoms with Crippen LogP contribution >= 0.6 is 0 Å². The van der Waals surface area contributed by atoms with Crippen molar-refractivity contribution in [2.24, 2.45) is 0 Å². The Morgan fingerprint density at radius 2 is 1.92 bits per heavy atom. The topological polar surface area (TPSA) is 89.4 Å². The molecule has 8 heteroatoms. The third kappa shape index (κ3) is 3.24. The van der Waals surface area contributed by atoms with Gasteiger partial charge in [0.2, 0.25) is 11.0 Å². The highest BCUT2D eigenvalue weighted by Gasteiger charge is 2.26. The molecule has 0 N–H and O–H groups in total. The molecule has 0 saturated carbocycles. The Morgan fingerprint density at radius 1 is 1.17 bits per heavy atom. The monoisotopic (exact) mass is 347 g/mol. The summed E-state index contributed by atoms with van der Waals surface area (Å²) >= 11 is 0. The first-order valence-electron chi connectivity index (χ1n) is 7.42. The van der Waals surface area contributed by atoms with Crippen molar-refractivity contribution in [3.63, 3.8) is 0 Å². The molecule has 0 spiro atoms. The second kappa shape index (κ2) is 6.58. The van der Waals surface area contributed by atoms with Crippen LogP contribution in [-0.2, 0) is 23.0 Å². The highest BCUT2D eigenvalue weighted by Crippen LogP contribution is 2.25. The summed E-state index contributed by atoms with van der Waals surface area (Å²) in [6, 6.07) is 10.7. The number of aryl methyl sites for hydroxylation is 1. The van der Waals surface area contributed by atoms with Crippen molar-refractivity contribution >= 4 is 10.0 Å². The smallest absolute Gasteiger partial charge is 0.276 e. The van der Waals surface area contributed by atoms with Crippen LogP contribution in [0.5, 0.6) is 0 Å². The van der Waals surface area contributed by atoms with Gasteiger partial charge in [-0.25, -0.2) is 8.42 Å². The minimum Gasteiger partial charge on any atom is -0.451 e. The van der Waals surface area contributed by atoms with Crippen molar-refractivity contribution in [2.75, 3.05) is 7.05 Å². The second-order valence-electron chi connectivity index (χ2n) is 5.26. The number of hydrogen-bond donors (Lipinski definition) is 0. The van der Waals surface area contributed by atoms with Crippen LogP contribution in [0.25, 0.3) is 11.5 Å². The molecule has 0 aliphatic rings. The molecule has 0 aliphatic carbocycles. The zero-order chi connectivity index (χ0) is 17.2. The van der Waals surface area contributed by atoms with Gasteiger partial charge in [-0.1, -0.05) is 37.3 Å². The molecule has 0 amide bonds. The van der Waals surface area contributed by atoms with E-state index in [1.54, 1.807) is 0 Å². The molecule has 24 heavy (non-hydrogen) atoms. The minimum atomic E-state index is -3.75. The summed E-state index contributed by atoms with van der Waals surface area (Å²) in [6.07, 6.45) is 1.91. The van der Waals surface area contributed by atoms with Gasteiger partial charge in [0.25, 0.3) is 15.9 Å². The molecule has 0 saturated heterocycles. The van der Waals surface area contributed by atoms with Gasteiger partial charge >= 0.3 is 0 Å². The molecule has 0 unspecified atom stereocenters. The van der Waals surface area contributed by atoms with Crippen LogP contribution < -0.4 is 0 Å². The van der Waals surface area contributed by atoms with Gasteiger partial charge in [-0.2, -0.15) is 4.31 Å². The fourth-order valence-electron chi connectivity index (χ4n) is 2.16. The van der Waals surface area contributed by atoms with Gasteiger partial charge in [0.05, 0.1) is 5.56 Å². The Labute approximate surface area is 140 Å². The van der Waals surface area contributed by atoms with E-state index in [0.29, 0.717) is 17.9 Å². The van der Waals surface area contributed by atoms with Crippen LogP contribution in [0.2, 0.25) is 0 Å². The van der Waals surface area contributed by atoms with Gasteiger partial charge in [-0.15, -0.1) is 10.2 Å². The largest absolute Gasteiger partial charge is 0.451 e. The van der Waals surface area contributed by atoms with E-state index in [2.05, 4.69) is 10.2 Å². The van der Waals surface area contributed by atoms with Crippen molar-refractivity contribution in [2.45, 2.75) is 25.0 Å². The molecule has 0 fully saturated rings. The minimum absolute atomic E-state index is 0.160. The normalized spacial score (nSPS) is 12.0. The Morgan fingerprint density at radius 3 is 2.58 bits per heavy atom. The Kier molecular flexibility index (Phi) is 4.50. The summed E-state index contributed by atoms with van der Waals surface area (Å²) in [4.78, 5) is 0. The number of aromatic nitrogens is 2. The van der Waals surface area contributed by atoms with Crippen LogP contribution in [0.3, 0.4) is 0 Å². The zero-order valence-corrected chi connectivity index (χ0v) is 14.2. The third-order valence-electron chi connectivity index (χ3n) is 3.50. The molecular formula is C16H17N3O4S. The van der Waals surface area contributed by atoms with Crippen LogP contribution in [0, 0.1) is 0 Å². The lowest BCUT2D eigenvalue weighted by Gasteiger charge is -2.15. The average Bonchev–Trinajstić information content (AvgIpc) is 3.25. The summed E-state index contributed by atoms with van der Waals surface area (Å²) in [5.74, 6) is 0.722. The van der Waals surface area contributed by atoms with Crippen molar-refractivity contribution in [3.05, 3.63) is 54.1 Å². The van der Waals surface area contributed by atoms with E-state index in [0.717, 1.165) is 5.56 Å². The van der Waals surface area contributed by atoms with Crippen LogP contribution in [0.1, 0.15) is 18.4 Å². The number of hydrogen-bond acceptors (Lipinski definition) is 6. The van der Waals surface area contributed by atoms with Crippen LogP contribution in [0.15, 0.2) is 56.6 Å². The molecule has 0 atom stereocenters. The van der Waals surface area contributed by atoms with E-state index in [1.807, 2.05) is 37.3 Å². The van der Waals surface area contributed by atoms with E-state index >= 15 is 0 Å². The predicted octanol–water partition coefficient (Wildman–Crippen LogP) is 2.71. The highest BCUT2D eigenvalue weighted by atomic mass is 32.2. The van der Waals surface area contributed by atoms with Gasteiger partial charge in [0, 0.05) is 26.1 Å². The maximum absolute atomic E-state index is 12.6. The number of sulfonamides is 1. The van der Waals surface area contributed by atoms with Crippen LogP contribution in [-0.4, -0.2) is 30.0 Å². The van der Waals surface area contributed by atoms with Crippen LogP contribution in [0.4, 0.5) is 0 Å². The lowest BCUT2D eigenvalue weighted by molar-refractivity contribution is 0.407. The molecule has 2 aromatic heterocycles. The number of furan rings is 1. The van der Waals surface area contributed by atoms with Gasteiger partial charge in [-0.3, -0.25) is 0 Å². The summed E-state index contributed by atoms with van der Waals surface area (Å²) in [5, 5.41) is 7.58. The quantitative estimate of drug-likeness (QED) is 0.681. The van der Waals surface area contributed by atoms with Crippen molar-refractivity contribution in [3.8, 4) is 11.5 Å². The van der Waals surface area contributed by atoms with Gasteiger partial charge < -0.3 is 8.83 Å². The third-order valence-corrected chi connectivity index (χ3v) is 5.18. The molecule has 126 valence electrons. The molecule has 2 heterocycles. The summed E-state index contributed by atoms with van der Waals surface area (Å²) in [6.45, 7) is 2.14. The van der Waals surface area contributed by atoms with Gasteiger partial charge in [-0.05, 0) is 5.56 Å². The van der Waals surface area contributed by atoms with E-state index in [-0.39, 0.29) is 17.5 Å². The molecule has 1 aromatic carbocycles. The van der Waals surface area contributed by atoms with Crippen molar-refractivity contribution in [1.29, 1.82) is 0 Å². The molecule has 0 radical (unpaired) electrons. The summed E-state index contributed by atoms with van der Waals surface area (Å²) in [5.41, 5.74) is 1.33. The SMILES string of the molecule is CCc1nnc(-c2coc(S(=O)(=O)N(C)Cc3ccccc3)c2)o1. The highest BCUT2D eigenvalue weighted by molar-refractivity contribution is 7.88. The first-order valence-corrected chi connectivity index (χ1v) is 8.86. The fourth-order valence-corrected chi connectivity index (χ4v) is 3.23. The van der Waals surface area contributed by atoms with E-state index in [4.69, 9.17) is 8.83 Å². The summed E-state index contributed by atoms with van der Waals surface area (Å²) in [7, 11) is -2.24. The standard InChI is InChI=1S/C16H17N3O4S/c1-3-14-17-18-16(23-14)13-9-15(22-11-13)24(20,21)19(2)10-12-7-5-4-6-8-12/h4-9,11H,3,10H2,1-2H3. The van der Waals surface area contributed by atoms with E-state index < -0.39 is 10.0 Å². The average molecular weight is 347 g/mol. The molecular weight excluding hydrogens is 330 g/mol. The van der Waals surface area contributed by atoms with Crippen molar-refractivity contribution < 1.29 is 17.3 Å².